The van der Waals surface area contributed by atoms with Crippen LogP contribution in [0.3, 0.4) is 0 Å². The molecule has 1 N–H and O–H groups in total. The standard InChI is InChI=1S/C21H23N3O4S3/c1-13-17(14(2)28-23-13)11-30-12-19(25)22-8-9-24-20(26)18(31-21(24)27)10-15-4-6-16(29-3)7-5-15/h4-7,10H,8-9,11-12H2,1-3H3,(H,22,25). The van der Waals surface area contributed by atoms with Crippen LogP contribution in [0.15, 0.2) is 38.6 Å². The van der Waals surface area contributed by atoms with Gasteiger partial charge in [-0.1, -0.05) is 17.3 Å². The average molecular weight is 478 g/mol. The summed E-state index contributed by atoms with van der Waals surface area (Å²) in [5.41, 5.74) is 2.70. The molecule has 1 fully saturated rings. The number of rotatable bonds is 9. The number of aryl methyl sites for hydroxylation is 2. The van der Waals surface area contributed by atoms with Gasteiger partial charge in [0.25, 0.3) is 11.1 Å². The topological polar surface area (TPSA) is 92.5 Å². The van der Waals surface area contributed by atoms with Crippen molar-refractivity contribution in [1.29, 1.82) is 0 Å². The van der Waals surface area contributed by atoms with E-state index in [9.17, 15) is 14.4 Å². The van der Waals surface area contributed by atoms with Gasteiger partial charge < -0.3 is 9.84 Å². The summed E-state index contributed by atoms with van der Waals surface area (Å²) >= 11 is 4.02. The van der Waals surface area contributed by atoms with Gasteiger partial charge in [0.2, 0.25) is 5.91 Å². The van der Waals surface area contributed by atoms with Crippen molar-refractivity contribution in [3.63, 3.8) is 0 Å². The SMILES string of the molecule is CSc1ccc(C=C2SC(=O)N(CCNC(=O)CSCc3c(C)noc3C)C2=O)cc1. The second-order valence-electron chi connectivity index (χ2n) is 6.75. The summed E-state index contributed by atoms with van der Waals surface area (Å²) in [7, 11) is 0. The molecule has 2 heterocycles. The van der Waals surface area contributed by atoms with Gasteiger partial charge in [0.1, 0.15) is 5.76 Å². The van der Waals surface area contributed by atoms with E-state index in [2.05, 4.69) is 10.5 Å². The average Bonchev–Trinajstić information content (AvgIpc) is 3.21. The second-order valence-corrected chi connectivity index (χ2v) is 9.61. The Kier molecular flexibility index (Phi) is 8.28. The van der Waals surface area contributed by atoms with Crippen molar-refractivity contribution < 1.29 is 18.9 Å². The minimum atomic E-state index is -0.328. The fourth-order valence-corrected chi connectivity index (χ4v) is 5.14. The maximum atomic E-state index is 12.6. The molecule has 0 unspecified atom stereocenters. The van der Waals surface area contributed by atoms with Gasteiger partial charge in [-0.2, -0.15) is 0 Å². The number of amides is 3. The van der Waals surface area contributed by atoms with Crippen molar-refractivity contribution in [2.24, 2.45) is 0 Å². The number of carbonyl (C=O) groups excluding carboxylic acids is 3. The van der Waals surface area contributed by atoms with E-state index in [1.54, 1.807) is 17.8 Å². The van der Waals surface area contributed by atoms with Gasteiger partial charge in [0.15, 0.2) is 0 Å². The molecule has 0 saturated carbocycles. The fourth-order valence-electron chi connectivity index (χ4n) is 2.86. The first-order valence-corrected chi connectivity index (χ1v) is 12.7. The number of aromatic nitrogens is 1. The lowest BCUT2D eigenvalue weighted by atomic mass is 10.2. The van der Waals surface area contributed by atoms with Crippen LogP contribution in [0.1, 0.15) is 22.6 Å². The lowest BCUT2D eigenvalue weighted by molar-refractivity contribution is -0.123. The Hall–Kier alpha value is -2.17. The molecule has 3 amide bonds. The molecule has 0 spiro atoms. The van der Waals surface area contributed by atoms with E-state index in [4.69, 9.17) is 4.52 Å². The molecular weight excluding hydrogens is 454 g/mol. The van der Waals surface area contributed by atoms with E-state index in [-0.39, 0.29) is 35.9 Å². The van der Waals surface area contributed by atoms with Gasteiger partial charge in [-0.05, 0) is 55.6 Å². The van der Waals surface area contributed by atoms with Crippen LogP contribution in [0.25, 0.3) is 6.08 Å². The number of carbonyl (C=O) groups is 3. The Morgan fingerprint density at radius 1 is 1.26 bits per heavy atom. The molecule has 31 heavy (non-hydrogen) atoms. The van der Waals surface area contributed by atoms with Crippen molar-refractivity contribution in [3.05, 3.63) is 51.8 Å². The lowest BCUT2D eigenvalue weighted by Gasteiger charge is -2.13. The number of thioether (sulfide) groups is 3. The number of nitrogens with zero attached hydrogens (tertiary/aromatic N) is 2. The van der Waals surface area contributed by atoms with Gasteiger partial charge >= 0.3 is 0 Å². The maximum Gasteiger partial charge on any atom is 0.293 e. The molecule has 1 aliphatic rings. The number of hydrogen-bond acceptors (Lipinski definition) is 8. The van der Waals surface area contributed by atoms with Crippen LogP contribution >= 0.6 is 35.3 Å². The summed E-state index contributed by atoms with van der Waals surface area (Å²) in [6.45, 7) is 4.09. The molecule has 10 heteroatoms. The van der Waals surface area contributed by atoms with Gasteiger partial charge in [-0.25, -0.2) is 0 Å². The Labute approximate surface area is 193 Å². The van der Waals surface area contributed by atoms with Gasteiger partial charge in [0, 0.05) is 29.3 Å². The monoisotopic (exact) mass is 477 g/mol. The van der Waals surface area contributed by atoms with Crippen molar-refractivity contribution >= 4 is 58.4 Å². The van der Waals surface area contributed by atoms with Crippen LogP contribution in [0.4, 0.5) is 4.79 Å². The molecule has 0 radical (unpaired) electrons. The predicted octanol–water partition coefficient (Wildman–Crippen LogP) is 4.10. The highest BCUT2D eigenvalue weighted by molar-refractivity contribution is 8.18. The first kappa shape index (κ1) is 23.5. The third-order valence-corrected chi connectivity index (χ3v) is 7.22. The fraction of sp³-hybridized carbons (Fsp3) is 0.333. The predicted molar refractivity (Wildman–Crippen MR) is 126 cm³/mol. The Balaban J connectivity index is 1.44. The molecule has 0 bridgehead atoms. The van der Waals surface area contributed by atoms with Crippen LogP contribution in [0.5, 0.6) is 0 Å². The molecule has 0 aliphatic carbocycles. The van der Waals surface area contributed by atoms with Crippen LogP contribution in [-0.4, -0.2) is 52.2 Å². The zero-order valence-electron chi connectivity index (χ0n) is 17.5. The van der Waals surface area contributed by atoms with Gasteiger partial charge in [-0.15, -0.1) is 23.5 Å². The summed E-state index contributed by atoms with van der Waals surface area (Å²) in [6.07, 6.45) is 3.72. The molecular formula is C21H23N3O4S3. The molecule has 1 aromatic carbocycles. The highest BCUT2D eigenvalue weighted by Crippen LogP contribution is 2.32. The summed E-state index contributed by atoms with van der Waals surface area (Å²) in [4.78, 5) is 39.5. The summed E-state index contributed by atoms with van der Waals surface area (Å²) in [5.74, 6) is 1.20. The maximum absolute atomic E-state index is 12.6. The number of benzene rings is 1. The largest absolute Gasteiger partial charge is 0.361 e. The first-order valence-electron chi connectivity index (χ1n) is 9.54. The van der Waals surface area contributed by atoms with E-state index >= 15 is 0 Å². The summed E-state index contributed by atoms with van der Waals surface area (Å²) in [5, 5.41) is 6.34. The Bertz CT molecular complexity index is 982. The molecule has 3 rings (SSSR count). The zero-order chi connectivity index (χ0) is 22.4. The molecule has 1 aliphatic heterocycles. The third kappa shape index (κ3) is 6.18. The van der Waals surface area contributed by atoms with Gasteiger partial charge in [0.05, 0.1) is 16.4 Å². The van der Waals surface area contributed by atoms with Crippen LogP contribution < -0.4 is 5.32 Å². The van der Waals surface area contributed by atoms with E-state index in [0.717, 1.165) is 39.2 Å². The molecule has 164 valence electrons. The smallest absolute Gasteiger partial charge is 0.293 e. The minimum Gasteiger partial charge on any atom is -0.361 e. The zero-order valence-corrected chi connectivity index (χ0v) is 19.9. The molecule has 1 aromatic heterocycles. The highest BCUT2D eigenvalue weighted by atomic mass is 32.2. The van der Waals surface area contributed by atoms with Crippen molar-refractivity contribution in [1.82, 2.24) is 15.4 Å². The Morgan fingerprint density at radius 2 is 2.00 bits per heavy atom. The normalized spacial score (nSPS) is 15.2. The molecule has 0 atom stereocenters. The van der Waals surface area contributed by atoms with E-state index in [1.807, 2.05) is 44.4 Å². The van der Waals surface area contributed by atoms with E-state index in [0.29, 0.717) is 10.7 Å². The number of imide groups is 1. The molecule has 7 nitrogen and oxygen atoms in total. The minimum absolute atomic E-state index is 0.145. The van der Waals surface area contributed by atoms with E-state index in [1.165, 1.54) is 16.7 Å². The highest BCUT2D eigenvalue weighted by Gasteiger charge is 2.34. The van der Waals surface area contributed by atoms with Crippen molar-refractivity contribution in [2.45, 2.75) is 24.5 Å². The Morgan fingerprint density at radius 3 is 2.65 bits per heavy atom. The number of hydrogen-bond donors (Lipinski definition) is 1. The van der Waals surface area contributed by atoms with Crippen LogP contribution in [-0.2, 0) is 15.3 Å². The summed E-state index contributed by atoms with van der Waals surface area (Å²) < 4.78 is 5.11. The van der Waals surface area contributed by atoms with Crippen LogP contribution in [0, 0.1) is 13.8 Å². The van der Waals surface area contributed by atoms with E-state index < -0.39 is 0 Å². The van der Waals surface area contributed by atoms with Crippen LogP contribution in [0.2, 0.25) is 0 Å². The first-order chi connectivity index (χ1) is 14.9. The molecule has 1 saturated heterocycles. The van der Waals surface area contributed by atoms with Gasteiger partial charge in [-0.3, -0.25) is 19.3 Å². The summed E-state index contributed by atoms with van der Waals surface area (Å²) in [6, 6.07) is 7.78. The lowest BCUT2D eigenvalue weighted by Crippen LogP contribution is -2.37. The van der Waals surface area contributed by atoms with Crippen molar-refractivity contribution in [3.8, 4) is 0 Å². The molecule has 2 aromatic rings. The third-order valence-electron chi connectivity index (χ3n) is 4.61. The second kappa shape index (κ2) is 10.9. The van der Waals surface area contributed by atoms with Crippen molar-refractivity contribution in [2.75, 3.05) is 25.1 Å². The number of nitrogens with one attached hydrogen (secondary N) is 1. The quantitative estimate of drug-likeness (QED) is 0.426.